The standard InChI is InChI=1S/C18H17N3O3/c1-2-23-15-7-4-3-6-14(15)20-13-9-10-17(19-12-13)21-18(22)16-8-5-11-24-16/h3-12,20H,2H2,1H3,(H,19,21,22). The molecule has 0 aliphatic heterocycles. The molecule has 24 heavy (non-hydrogen) atoms. The van der Waals surface area contributed by atoms with Gasteiger partial charge < -0.3 is 19.8 Å². The fourth-order valence-electron chi connectivity index (χ4n) is 2.13. The molecular weight excluding hydrogens is 306 g/mol. The third-order valence-electron chi connectivity index (χ3n) is 3.22. The van der Waals surface area contributed by atoms with Gasteiger partial charge in [-0.15, -0.1) is 0 Å². The van der Waals surface area contributed by atoms with Gasteiger partial charge in [0.15, 0.2) is 5.76 Å². The van der Waals surface area contributed by atoms with E-state index in [2.05, 4.69) is 15.6 Å². The van der Waals surface area contributed by atoms with E-state index in [4.69, 9.17) is 9.15 Å². The first-order chi connectivity index (χ1) is 11.8. The van der Waals surface area contributed by atoms with E-state index >= 15 is 0 Å². The first-order valence-electron chi connectivity index (χ1n) is 7.56. The van der Waals surface area contributed by atoms with Crippen LogP contribution >= 0.6 is 0 Å². The maximum absolute atomic E-state index is 11.9. The molecule has 2 heterocycles. The summed E-state index contributed by atoms with van der Waals surface area (Å²) in [7, 11) is 0. The van der Waals surface area contributed by atoms with Crippen molar-refractivity contribution in [1.82, 2.24) is 4.98 Å². The largest absolute Gasteiger partial charge is 0.492 e. The lowest BCUT2D eigenvalue weighted by atomic mass is 10.2. The van der Waals surface area contributed by atoms with E-state index in [0.717, 1.165) is 17.1 Å². The van der Waals surface area contributed by atoms with Gasteiger partial charge in [0.25, 0.3) is 5.91 Å². The molecule has 0 fully saturated rings. The molecule has 0 aliphatic carbocycles. The molecule has 3 aromatic rings. The summed E-state index contributed by atoms with van der Waals surface area (Å²) < 4.78 is 10.6. The van der Waals surface area contributed by atoms with Crippen molar-refractivity contribution in [2.45, 2.75) is 6.92 Å². The zero-order chi connectivity index (χ0) is 16.8. The van der Waals surface area contributed by atoms with Gasteiger partial charge in [0, 0.05) is 0 Å². The van der Waals surface area contributed by atoms with E-state index < -0.39 is 0 Å². The van der Waals surface area contributed by atoms with Crippen LogP contribution in [0.4, 0.5) is 17.2 Å². The van der Waals surface area contributed by atoms with Crippen molar-refractivity contribution in [1.29, 1.82) is 0 Å². The molecule has 0 saturated carbocycles. The summed E-state index contributed by atoms with van der Waals surface area (Å²) in [4.78, 5) is 16.1. The summed E-state index contributed by atoms with van der Waals surface area (Å²) in [6.45, 7) is 2.53. The van der Waals surface area contributed by atoms with Crippen LogP contribution in [-0.2, 0) is 0 Å². The molecule has 0 radical (unpaired) electrons. The number of nitrogens with one attached hydrogen (secondary N) is 2. The van der Waals surface area contributed by atoms with E-state index in [1.165, 1.54) is 6.26 Å². The zero-order valence-electron chi connectivity index (χ0n) is 13.2. The SMILES string of the molecule is CCOc1ccccc1Nc1ccc(NC(=O)c2ccco2)nc1. The molecular formula is C18H17N3O3. The molecule has 2 N–H and O–H groups in total. The number of carbonyl (C=O) groups excluding carboxylic acids is 1. The number of hydrogen-bond acceptors (Lipinski definition) is 5. The Morgan fingerprint density at radius 3 is 2.75 bits per heavy atom. The van der Waals surface area contributed by atoms with Crippen LogP contribution in [-0.4, -0.2) is 17.5 Å². The van der Waals surface area contributed by atoms with Crippen LogP contribution in [0.2, 0.25) is 0 Å². The molecule has 0 spiro atoms. The number of furan rings is 1. The summed E-state index contributed by atoms with van der Waals surface area (Å²) in [6.07, 6.45) is 3.09. The normalized spacial score (nSPS) is 10.2. The third kappa shape index (κ3) is 3.73. The van der Waals surface area contributed by atoms with Crippen molar-refractivity contribution in [2.24, 2.45) is 0 Å². The molecule has 0 saturated heterocycles. The van der Waals surface area contributed by atoms with Crippen molar-refractivity contribution < 1.29 is 13.9 Å². The monoisotopic (exact) mass is 323 g/mol. The predicted molar refractivity (Wildman–Crippen MR) is 91.8 cm³/mol. The van der Waals surface area contributed by atoms with Crippen LogP contribution in [0.5, 0.6) is 5.75 Å². The first-order valence-corrected chi connectivity index (χ1v) is 7.56. The number of amides is 1. The van der Waals surface area contributed by atoms with Crippen LogP contribution in [0, 0.1) is 0 Å². The number of ether oxygens (including phenoxy) is 1. The molecule has 2 aromatic heterocycles. The van der Waals surface area contributed by atoms with Gasteiger partial charge in [-0.2, -0.15) is 0 Å². The van der Waals surface area contributed by atoms with Gasteiger partial charge in [0.2, 0.25) is 0 Å². The van der Waals surface area contributed by atoms with E-state index in [0.29, 0.717) is 12.4 Å². The van der Waals surface area contributed by atoms with Crippen molar-refractivity contribution in [3.63, 3.8) is 0 Å². The van der Waals surface area contributed by atoms with E-state index in [1.54, 1.807) is 24.4 Å². The molecule has 0 atom stereocenters. The van der Waals surface area contributed by atoms with Gasteiger partial charge in [-0.05, 0) is 43.3 Å². The van der Waals surface area contributed by atoms with Crippen molar-refractivity contribution in [3.05, 3.63) is 66.8 Å². The number of rotatable bonds is 6. The first kappa shape index (κ1) is 15.6. The Bertz CT molecular complexity index is 799. The number of carbonyl (C=O) groups is 1. The van der Waals surface area contributed by atoms with Gasteiger partial charge >= 0.3 is 0 Å². The number of anilines is 3. The number of benzene rings is 1. The molecule has 1 amide bonds. The molecule has 122 valence electrons. The van der Waals surface area contributed by atoms with Crippen LogP contribution in [0.15, 0.2) is 65.4 Å². The summed E-state index contributed by atoms with van der Waals surface area (Å²) in [5, 5.41) is 5.92. The van der Waals surface area contributed by atoms with Crippen LogP contribution in [0.25, 0.3) is 0 Å². The Balaban J connectivity index is 1.68. The third-order valence-corrected chi connectivity index (χ3v) is 3.22. The number of aromatic nitrogens is 1. The summed E-state index contributed by atoms with van der Waals surface area (Å²) in [6, 6.07) is 14.5. The maximum Gasteiger partial charge on any atom is 0.292 e. The van der Waals surface area contributed by atoms with E-state index in [-0.39, 0.29) is 11.7 Å². The molecule has 1 aromatic carbocycles. The van der Waals surface area contributed by atoms with Gasteiger partial charge in [-0.1, -0.05) is 12.1 Å². The number of pyridine rings is 1. The second kappa shape index (κ2) is 7.32. The fraction of sp³-hybridized carbons (Fsp3) is 0.111. The summed E-state index contributed by atoms with van der Waals surface area (Å²) in [5.41, 5.74) is 1.65. The quantitative estimate of drug-likeness (QED) is 0.715. The molecule has 3 rings (SSSR count). The number of para-hydroxylation sites is 2. The highest BCUT2D eigenvalue weighted by molar-refractivity contribution is 6.01. The van der Waals surface area contributed by atoms with E-state index in [9.17, 15) is 4.79 Å². The molecule has 0 bridgehead atoms. The Hall–Kier alpha value is -3.28. The van der Waals surface area contributed by atoms with Crippen LogP contribution in [0.1, 0.15) is 17.5 Å². The van der Waals surface area contributed by atoms with Crippen LogP contribution < -0.4 is 15.4 Å². The van der Waals surface area contributed by atoms with Gasteiger partial charge in [0.1, 0.15) is 11.6 Å². The zero-order valence-corrected chi connectivity index (χ0v) is 13.2. The summed E-state index contributed by atoms with van der Waals surface area (Å²) in [5.74, 6) is 1.12. The maximum atomic E-state index is 11.9. The second-order valence-corrected chi connectivity index (χ2v) is 4.92. The molecule has 6 heteroatoms. The minimum Gasteiger partial charge on any atom is -0.492 e. The highest BCUT2D eigenvalue weighted by atomic mass is 16.5. The average Bonchev–Trinajstić information content (AvgIpc) is 3.13. The lowest BCUT2D eigenvalue weighted by Crippen LogP contribution is -2.11. The minimum atomic E-state index is -0.338. The predicted octanol–water partition coefficient (Wildman–Crippen LogP) is 4.07. The lowest BCUT2D eigenvalue weighted by molar-refractivity contribution is 0.0996. The molecule has 6 nitrogen and oxygen atoms in total. The van der Waals surface area contributed by atoms with Gasteiger partial charge in [0.05, 0.1) is 30.4 Å². The highest BCUT2D eigenvalue weighted by Gasteiger charge is 2.09. The molecule has 0 unspecified atom stereocenters. The Kier molecular flexibility index (Phi) is 4.76. The Morgan fingerprint density at radius 1 is 1.17 bits per heavy atom. The van der Waals surface area contributed by atoms with E-state index in [1.807, 2.05) is 37.3 Å². The second-order valence-electron chi connectivity index (χ2n) is 4.92. The number of hydrogen-bond donors (Lipinski definition) is 2. The fourth-order valence-corrected chi connectivity index (χ4v) is 2.13. The van der Waals surface area contributed by atoms with Crippen molar-refractivity contribution >= 4 is 23.1 Å². The smallest absolute Gasteiger partial charge is 0.292 e. The topological polar surface area (TPSA) is 76.4 Å². The Morgan fingerprint density at radius 2 is 2.04 bits per heavy atom. The van der Waals surface area contributed by atoms with Crippen molar-refractivity contribution in [2.75, 3.05) is 17.2 Å². The van der Waals surface area contributed by atoms with Crippen LogP contribution in [0.3, 0.4) is 0 Å². The Labute approximate surface area is 139 Å². The molecule has 0 aliphatic rings. The lowest BCUT2D eigenvalue weighted by Gasteiger charge is -2.12. The van der Waals surface area contributed by atoms with Gasteiger partial charge in [-0.3, -0.25) is 4.79 Å². The minimum absolute atomic E-state index is 0.240. The average molecular weight is 323 g/mol. The van der Waals surface area contributed by atoms with Gasteiger partial charge in [-0.25, -0.2) is 4.98 Å². The van der Waals surface area contributed by atoms with Crippen molar-refractivity contribution in [3.8, 4) is 5.75 Å². The summed E-state index contributed by atoms with van der Waals surface area (Å²) >= 11 is 0. The number of nitrogens with zero attached hydrogens (tertiary/aromatic N) is 1. The highest BCUT2D eigenvalue weighted by Crippen LogP contribution is 2.27.